The van der Waals surface area contributed by atoms with Gasteiger partial charge in [-0.15, -0.1) is 5.10 Å². The van der Waals surface area contributed by atoms with E-state index in [0.29, 0.717) is 16.7 Å². The van der Waals surface area contributed by atoms with E-state index in [1.165, 1.54) is 4.68 Å². The predicted octanol–water partition coefficient (Wildman–Crippen LogP) is 1.38. The maximum atomic E-state index is 12.3. The van der Waals surface area contributed by atoms with Crippen molar-refractivity contribution in [2.75, 3.05) is 6.54 Å². The minimum atomic E-state index is -0.637. The molecule has 1 heterocycles. The molecule has 0 bridgehead atoms. The second-order valence-electron chi connectivity index (χ2n) is 5.50. The number of aromatic nitrogens is 3. The number of ether oxygens (including phenoxy) is 1. The normalized spacial score (nSPS) is 11.9. The number of benzene rings is 2. The fourth-order valence-corrected chi connectivity index (χ4v) is 2.36. The first-order valence-corrected chi connectivity index (χ1v) is 7.97. The molecule has 3 aromatic rings. The van der Waals surface area contributed by atoms with Gasteiger partial charge in [-0.2, -0.15) is 0 Å². The number of carbonyl (C=O) groups excluding carboxylic acids is 1. The second kappa shape index (κ2) is 7.57. The van der Waals surface area contributed by atoms with Crippen LogP contribution in [0.25, 0.3) is 10.9 Å². The summed E-state index contributed by atoms with van der Waals surface area (Å²) < 4.78 is 6.79. The van der Waals surface area contributed by atoms with Crippen molar-refractivity contribution in [3.63, 3.8) is 0 Å². The Kier molecular flexibility index (Phi) is 5.03. The molecule has 1 N–H and O–H groups in total. The fraction of sp³-hybridized carbons (Fsp3) is 0.222. The fourth-order valence-electron chi connectivity index (χ4n) is 2.36. The first kappa shape index (κ1) is 16.6. The molecule has 25 heavy (non-hydrogen) atoms. The molecule has 0 fully saturated rings. The molecule has 0 saturated carbocycles. The number of nitrogens with zero attached hydrogens (tertiary/aromatic N) is 3. The molecule has 0 spiro atoms. The summed E-state index contributed by atoms with van der Waals surface area (Å²) in [6.45, 7) is 2.17. The Balaban J connectivity index is 1.56. The number of hydrogen-bond donors (Lipinski definition) is 1. The summed E-state index contributed by atoms with van der Waals surface area (Å²) in [4.78, 5) is 24.4. The van der Waals surface area contributed by atoms with Gasteiger partial charge >= 0.3 is 0 Å². The van der Waals surface area contributed by atoms with Gasteiger partial charge in [0.1, 0.15) is 11.3 Å². The third-order valence-corrected chi connectivity index (χ3v) is 3.68. The van der Waals surface area contributed by atoms with Crippen molar-refractivity contribution in [3.05, 3.63) is 65.0 Å². The van der Waals surface area contributed by atoms with E-state index < -0.39 is 6.10 Å². The van der Waals surface area contributed by atoms with Crippen LogP contribution < -0.4 is 15.6 Å². The van der Waals surface area contributed by atoms with Gasteiger partial charge in [0.25, 0.3) is 11.5 Å². The van der Waals surface area contributed by atoms with Crippen LogP contribution in [0, 0.1) is 0 Å². The minimum Gasteiger partial charge on any atom is -0.481 e. The number of fused-ring (bicyclic) bond motifs is 1. The molecular weight excluding hydrogens is 320 g/mol. The molecule has 0 aliphatic carbocycles. The van der Waals surface area contributed by atoms with E-state index in [1.807, 2.05) is 18.2 Å². The molecular formula is C18H18N4O3. The molecule has 0 saturated heterocycles. The van der Waals surface area contributed by atoms with Crippen LogP contribution >= 0.6 is 0 Å². The van der Waals surface area contributed by atoms with E-state index in [-0.39, 0.29) is 24.6 Å². The third-order valence-electron chi connectivity index (χ3n) is 3.68. The van der Waals surface area contributed by atoms with Gasteiger partial charge in [-0.05, 0) is 31.2 Å². The zero-order valence-corrected chi connectivity index (χ0v) is 13.8. The summed E-state index contributed by atoms with van der Waals surface area (Å²) in [5.74, 6) is 0.368. The Bertz CT molecular complexity index is 924. The molecule has 0 aliphatic rings. The molecule has 1 atom stereocenters. The molecule has 2 aromatic carbocycles. The quantitative estimate of drug-likeness (QED) is 0.734. The van der Waals surface area contributed by atoms with Gasteiger partial charge in [0, 0.05) is 6.54 Å². The number of hydrogen-bond acceptors (Lipinski definition) is 5. The molecule has 0 aliphatic heterocycles. The van der Waals surface area contributed by atoms with Gasteiger partial charge in [0.2, 0.25) is 0 Å². The Hall–Kier alpha value is -3.22. The molecule has 1 amide bonds. The molecule has 1 aromatic heterocycles. The van der Waals surface area contributed by atoms with Gasteiger partial charge in [0.15, 0.2) is 6.10 Å². The van der Waals surface area contributed by atoms with E-state index >= 15 is 0 Å². The van der Waals surface area contributed by atoms with Crippen molar-refractivity contribution < 1.29 is 9.53 Å². The van der Waals surface area contributed by atoms with E-state index in [2.05, 4.69) is 15.6 Å². The van der Waals surface area contributed by atoms with Crippen molar-refractivity contribution >= 4 is 16.8 Å². The lowest BCUT2D eigenvalue weighted by atomic mass is 10.2. The van der Waals surface area contributed by atoms with Crippen molar-refractivity contribution in [3.8, 4) is 5.75 Å². The monoisotopic (exact) mass is 338 g/mol. The van der Waals surface area contributed by atoms with E-state index in [0.717, 1.165) is 0 Å². The van der Waals surface area contributed by atoms with Crippen LogP contribution in [0.5, 0.6) is 5.75 Å². The summed E-state index contributed by atoms with van der Waals surface area (Å²) in [6, 6.07) is 16.1. The van der Waals surface area contributed by atoms with E-state index in [9.17, 15) is 9.59 Å². The summed E-state index contributed by atoms with van der Waals surface area (Å²) in [6.07, 6.45) is -0.637. The summed E-state index contributed by atoms with van der Waals surface area (Å²) in [7, 11) is 0. The van der Waals surface area contributed by atoms with Crippen LogP contribution in [-0.4, -0.2) is 33.5 Å². The first-order chi connectivity index (χ1) is 12.1. The Morgan fingerprint density at radius 2 is 1.88 bits per heavy atom. The van der Waals surface area contributed by atoms with Gasteiger partial charge in [0.05, 0.1) is 11.9 Å². The standard InChI is InChI=1S/C18H18N4O3/c1-13(25-14-7-3-2-4-8-14)17(23)19-11-12-22-18(24)15-9-5-6-10-16(15)20-21-22/h2-10,13H,11-12H2,1H3,(H,19,23)/t13-/m1/s1. The van der Waals surface area contributed by atoms with Crippen LogP contribution in [0.2, 0.25) is 0 Å². The topological polar surface area (TPSA) is 86.1 Å². The number of nitrogens with one attached hydrogen (secondary N) is 1. The average Bonchev–Trinajstić information content (AvgIpc) is 2.64. The van der Waals surface area contributed by atoms with Crippen LogP contribution in [-0.2, 0) is 11.3 Å². The third kappa shape index (κ3) is 4.00. The summed E-state index contributed by atoms with van der Waals surface area (Å²) in [5, 5.41) is 11.1. The Morgan fingerprint density at radius 3 is 2.68 bits per heavy atom. The molecule has 128 valence electrons. The van der Waals surface area contributed by atoms with Crippen LogP contribution in [0.4, 0.5) is 0 Å². The molecule has 0 unspecified atom stereocenters. The van der Waals surface area contributed by atoms with Gasteiger partial charge in [-0.1, -0.05) is 35.5 Å². The second-order valence-corrected chi connectivity index (χ2v) is 5.50. The van der Waals surface area contributed by atoms with E-state index in [4.69, 9.17) is 4.74 Å². The summed E-state index contributed by atoms with van der Waals surface area (Å²) >= 11 is 0. The first-order valence-electron chi connectivity index (χ1n) is 7.97. The smallest absolute Gasteiger partial charge is 0.277 e. The van der Waals surface area contributed by atoms with E-state index in [1.54, 1.807) is 43.3 Å². The molecule has 0 radical (unpaired) electrons. The predicted molar refractivity (Wildman–Crippen MR) is 93.3 cm³/mol. The SMILES string of the molecule is C[C@@H](Oc1ccccc1)C(=O)NCCn1nnc2ccccc2c1=O. The zero-order valence-electron chi connectivity index (χ0n) is 13.8. The highest BCUT2D eigenvalue weighted by atomic mass is 16.5. The highest BCUT2D eigenvalue weighted by Gasteiger charge is 2.14. The molecule has 3 rings (SSSR count). The lowest BCUT2D eigenvalue weighted by Crippen LogP contribution is -2.39. The maximum absolute atomic E-state index is 12.3. The number of para-hydroxylation sites is 1. The molecule has 7 heteroatoms. The van der Waals surface area contributed by atoms with Crippen molar-refractivity contribution in [1.82, 2.24) is 20.3 Å². The van der Waals surface area contributed by atoms with Crippen LogP contribution in [0.1, 0.15) is 6.92 Å². The van der Waals surface area contributed by atoms with Crippen molar-refractivity contribution in [2.24, 2.45) is 0 Å². The molecule has 7 nitrogen and oxygen atoms in total. The Labute approximate surface area is 144 Å². The van der Waals surface area contributed by atoms with Crippen LogP contribution in [0.3, 0.4) is 0 Å². The van der Waals surface area contributed by atoms with Gasteiger partial charge in [-0.3, -0.25) is 9.59 Å². The maximum Gasteiger partial charge on any atom is 0.277 e. The largest absolute Gasteiger partial charge is 0.481 e. The number of rotatable bonds is 6. The lowest BCUT2D eigenvalue weighted by Gasteiger charge is -2.14. The van der Waals surface area contributed by atoms with Crippen LogP contribution in [0.15, 0.2) is 59.4 Å². The van der Waals surface area contributed by atoms with Gasteiger partial charge in [-0.25, -0.2) is 4.68 Å². The zero-order chi connectivity index (χ0) is 17.6. The Morgan fingerprint density at radius 1 is 1.16 bits per heavy atom. The average molecular weight is 338 g/mol. The van der Waals surface area contributed by atoms with Gasteiger partial charge < -0.3 is 10.1 Å². The van der Waals surface area contributed by atoms with Crippen molar-refractivity contribution in [1.29, 1.82) is 0 Å². The minimum absolute atomic E-state index is 0.228. The number of amides is 1. The highest BCUT2D eigenvalue weighted by molar-refractivity contribution is 5.80. The summed E-state index contributed by atoms with van der Waals surface area (Å²) in [5.41, 5.74) is 0.325. The van der Waals surface area contributed by atoms with Crippen molar-refractivity contribution in [2.45, 2.75) is 19.6 Å². The lowest BCUT2D eigenvalue weighted by molar-refractivity contribution is -0.127. The highest BCUT2D eigenvalue weighted by Crippen LogP contribution is 2.10. The number of carbonyl (C=O) groups is 1.